The molecule has 3 aromatic carbocycles. The van der Waals surface area contributed by atoms with Gasteiger partial charge < -0.3 is 19.9 Å². The quantitative estimate of drug-likeness (QED) is 0.577. The van der Waals surface area contributed by atoms with Gasteiger partial charge in [0.05, 0.1) is 18.4 Å². The van der Waals surface area contributed by atoms with Crippen molar-refractivity contribution in [3.63, 3.8) is 0 Å². The van der Waals surface area contributed by atoms with Crippen molar-refractivity contribution in [2.24, 2.45) is 0 Å². The zero-order valence-electron chi connectivity index (χ0n) is 14.1. The highest BCUT2D eigenvalue weighted by Gasteiger charge is 2.46. The van der Waals surface area contributed by atoms with Crippen LogP contribution in [0.4, 0.5) is 5.69 Å². The monoisotopic (exact) mass is 347 g/mol. The Morgan fingerprint density at radius 2 is 1.50 bits per heavy atom. The summed E-state index contributed by atoms with van der Waals surface area (Å²) in [5, 5.41) is 0. The number of anilines is 1. The molecule has 0 saturated carbocycles. The van der Waals surface area contributed by atoms with Crippen molar-refractivity contribution in [2.45, 2.75) is 5.79 Å². The first-order valence-electron chi connectivity index (χ1n) is 8.15. The van der Waals surface area contributed by atoms with Crippen LogP contribution in [-0.2, 0) is 10.5 Å². The molecule has 0 saturated heterocycles. The van der Waals surface area contributed by atoms with Crippen LogP contribution in [0.3, 0.4) is 0 Å². The van der Waals surface area contributed by atoms with Gasteiger partial charge in [0.15, 0.2) is 11.5 Å². The molecule has 0 amide bonds. The molecule has 26 heavy (non-hydrogen) atoms. The van der Waals surface area contributed by atoms with Crippen molar-refractivity contribution in [3.05, 3.63) is 89.5 Å². The largest absolute Gasteiger partial charge is 0.465 e. The third-order valence-electron chi connectivity index (χ3n) is 4.31. The van der Waals surface area contributed by atoms with E-state index in [0.29, 0.717) is 22.7 Å². The van der Waals surface area contributed by atoms with Crippen molar-refractivity contribution in [2.75, 3.05) is 12.8 Å². The van der Waals surface area contributed by atoms with Crippen molar-refractivity contribution in [1.29, 1.82) is 0 Å². The first kappa shape index (κ1) is 16.0. The lowest BCUT2D eigenvalue weighted by Crippen LogP contribution is -2.36. The van der Waals surface area contributed by atoms with Gasteiger partial charge in [0, 0.05) is 11.1 Å². The summed E-state index contributed by atoms with van der Waals surface area (Å²) in [4.78, 5) is 11.9. The van der Waals surface area contributed by atoms with E-state index in [-0.39, 0.29) is 0 Å². The van der Waals surface area contributed by atoms with E-state index >= 15 is 0 Å². The second kappa shape index (κ2) is 6.11. The van der Waals surface area contributed by atoms with E-state index in [4.69, 9.17) is 19.9 Å². The summed E-state index contributed by atoms with van der Waals surface area (Å²) < 4.78 is 17.3. The van der Waals surface area contributed by atoms with Crippen LogP contribution < -0.4 is 15.2 Å². The van der Waals surface area contributed by atoms with E-state index in [1.807, 2.05) is 60.7 Å². The van der Waals surface area contributed by atoms with E-state index in [1.54, 1.807) is 6.07 Å². The Morgan fingerprint density at radius 1 is 0.923 bits per heavy atom. The average molecular weight is 347 g/mol. The van der Waals surface area contributed by atoms with Gasteiger partial charge in [-0.2, -0.15) is 0 Å². The van der Waals surface area contributed by atoms with E-state index in [1.165, 1.54) is 13.2 Å². The number of benzene rings is 3. The van der Waals surface area contributed by atoms with Crippen molar-refractivity contribution in [3.8, 4) is 11.5 Å². The average Bonchev–Trinajstić information content (AvgIpc) is 3.10. The summed E-state index contributed by atoms with van der Waals surface area (Å²) in [6, 6.07) is 22.3. The number of ether oxygens (including phenoxy) is 3. The molecule has 4 rings (SSSR count). The Hall–Kier alpha value is -3.47. The lowest BCUT2D eigenvalue weighted by atomic mass is 9.97. The topological polar surface area (TPSA) is 70.8 Å². The van der Waals surface area contributed by atoms with Gasteiger partial charge in [-0.1, -0.05) is 60.7 Å². The van der Waals surface area contributed by atoms with Gasteiger partial charge in [0.2, 0.25) is 0 Å². The fourth-order valence-electron chi connectivity index (χ4n) is 3.08. The molecule has 130 valence electrons. The van der Waals surface area contributed by atoms with Gasteiger partial charge in [-0.15, -0.1) is 0 Å². The van der Waals surface area contributed by atoms with Crippen LogP contribution in [0, 0.1) is 0 Å². The summed E-state index contributed by atoms with van der Waals surface area (Å²) in [5.74, 6) is -0.850. The zero-order chi connectivity index (χ0) is 18.1. The van der Waals surface area contributed by atoms with Crippen LogP contribution in [0.25, 0.3) is 0 Å². The Kier molecular flexibility index (Phi) is 3.77. The highest BCUT2D eigenvalue weighted by molar-refractivity contribution is 5.92. The molecule has 0 fully saturated rings. The zero-order valence-corrected chi connectivity index (χ0v) is 14.1. The Balaban J connectivity index is 1.88. The Bertz CT molecular complexity index is 915. The highest BCUT2D eigenvalue weighted by atomic mass is 16.7. The van der Waals surface area contributed by atoms with Gasteiger partial charge in [0.25, 0.3) is 0 Å². The lowest BCUT2D eigenvalue weighted by molar-refractivity contribution is -0.0456. The molecule has 5 heteroatoms. The predicted molar refractivity (Wildman–Crippen MR) is 97.1 cm³/mol. The summed E-state index contributed by atoms with van der Waals surface area (Å²) in [7, 11) is 1.32. The number of carbonyl (C=O) groups excluding carboxylic acids is 1. The first-order chi connectivity index (χ1) is 12.6. The number of rotatable bonds is 3. The van der Waals surface area contributed by atoms with Crippen LogP contribution in [0.15, 0.2) is 72.8 Å². The Morgan fingerprint density at radius 3 is 2.04 bits per heavy atom. The van der Waals surface area contributed by atoms with Gasteiger partial charge in [0.1, 0.15) is 0 Å². The van der Waals surface area contributed by atoms with Gasteiger partial charge in [-0.25, -0.2) is 4.79 Å². The summed E-state index contributed by atoms with van der Waals surface area (Å²) >= 11 is 0. The van der Waals surface area contributed by atoms with Crippen molar-refractivity contribution in [1.82, 2.24) is 0 Å². The van der Waals surface area contributed by atoms with Crippen LogP contribution in [0.5, 0.6) is 11.5 Å². The maximum Gasteiger partial charge on any atom is 0.338 e. The van der Waals surface area contributed by atoms with Crippen LogP contribution >= 0.6 is 0 Å². The number of nitrogens with two attached hydrogens (primary N) is 1. The molecule has 0 spiro atoms. The summed E-state index contributed by atoms with van der Waals surface area (Å²) in [6.45, 7) is 0. The normalized spacial score (nSPS) is 14.0. The third kappa shape index (κ3) is 2.45. The van der Waals surface area contributed by atoms with E-state index < -0.39 is 11.8 Å². The molecule has 1 aliphatic heterocycles. The summed E-state index contributed by atoms with van der Waals surface area (Å²) in [5.41, 5.74) is 8.40. The van der Waals surface area contributed by atoms with Crippen molar-refractivity contribution < 1.29 is 19.0 Å². The van der Waals surface area contributed by atoms with Crippen LogP contribution in [-0.4, -0.2) is 13.1 Å². The van der Waals surface area contributed by atoms with Gasteiger partial charge >= 0.3 is 11.8 Å². The minimum Gasteiger partial charge on any atom is -0.465 e. The van der Waals surface area contributed by atoms with E-state index in [2.05, 4.69) is 0 Å². The second-order valence-electron chi connectivity index (χ2n) is 5.94. The molecule has 3 aromatic rings. The molecular weight excluding hydrogens is 330 g/mol. The van der Waals surface area contributed by atoms with Crippen molar-refractivity contribution >= 4 is 11.7 Å². The minimum atomic E-state index is -1.17. The fourth-order valence-corrected chi connectivity index (χ4v) is 3.08. The third-order valence-corrected chi connectivity index (χ3v) is 4.31. The molecule has 0 unspecified atom stereocenters. The molecule has 1 heterocycles. The SMILES string of the molecule is COC(=O)c1cc(N)c2c(c1)OC(c1ccccc1)(c1ccccc1)O2. The highest BCUT2D eigenvalue weighted by Crippen LogP contribution is 2.50. The standard InChI is InChI=1S/C21H17NO4/c1-24-20(23)14-12-17(22)19-18(13-14)25-21(26-19,15-8-4-2-5-9-15)16-10-6-3-7-11-16/h2-13H,22H2,1H3. The number of esters is 1. The smallest absolute Gasteiger partial charge is 0.338 e. The molecule has 5 nitrogen and oxygen atoms in total. The molecule has 0 aromatic heterocycles. The number of hydrogen-bond donors (Lipinski definition) is 1. The maximum absolute atomic E-state index is 11.9. The van der Waals surface area contributed by atoms with E-state index in [0.717, 1.165) is 11.1 Å². The molecule has 0 aliphatic carbocycles. The van der Waals surface area contributed by atoms with Gasteiger partial charge in [-0.3, -0.25) is 0 Å². The number of nitrogen functional groups attached to an aromatic ring is 1. The molecule has 2 N–H and O–H groups in total. The van der Waals surface area contributed by atoms with E-state index in [9.17, 15) is 4.79 Å². The maximum atomic E-state index is 11.9. The molecule has 0 bridgehead atoms. The van der Waals surface area contributed by atoms with Crippen LogP contribution in [0.1, 0.15) is 21.5 Å². The lowest BCUT2D eigenvalue weighted by Gasteiger charge is -2.28. The minimum absolute atomic E-state index is 0.310. The fraction of sp³-hybridized carbons (Fsp3) is 0.0952. The van der Waals surface area contributed by atoms with Crippen LogP contribution in [0.2, 0.25) is 0 Å². The second-order valence-corrected chi connectivity index (χ2v) is 5.94. The number of carbonyl (C=O) groups is 1. The molecule has 0 atom stereocenters. The molecule has 0 radical (unpaired) electrons. The van der Waals surface area contributed by atoms with Gasteiger partial charge in [-0.05, 0) is 12.1 Å². The molecule has 1 aliphatic rings. The predicted octanol–water partition coefficient (Wildman–Crippen LogP) is 3.73. The first-order valence-corrected chi connectivity index (χ1v) is 8.15. The number of hydrogen-bond acceptors (Lipinski definition) is 5. The number of methoxy groups -OCH3 is 1. The molecular formula is C21H17NO4. The summed E-state index contributed by atoms with van der Waals surface area (Å²) in [6.07, 6.45) is 0. The Labute approximate surface area is 150 Å². The number of fused-ring (bicyclic) bond motifs is 1.